The first kappa shape index (κ1) is 18.3. The molecule has 2 rings (SSSR count). The Balaban J connectivity index is 2.05. The molecule has 0 aromatic heterocycles. The molecule has 0 radical (unpaired) electrons. The molecule has 1 N–H and O–H groups in total. The summed E-state index contributed by atoms with van der Waals surface area (Å²) in [5, 5.41) is 8.87. The van der Waals surface area contributed by atoms with Gasteiger partial charge < -0.3 is 14.9 Å². The molecule has 0 unspecified atom stereocenters. The summed E-state index contributed by atoms with van der Waals surface area (Å²) in [4.78, 5) is 18.1. The summed E-state index contributed by atoms with van der Waals surface area (Å²) in [6, 6.07) is 8.16. The van der Waals surface area contributed by atoms with Crippen molar-refractivity contribution in [2.75, 3.05) is 39.5 Å². The molecule has 1 saturated heterocycles. The lowest BCUT2D eigenvalue weighted by Gasteiger charge is -2.27. The van der Waals surface area contributed by atoms with E-state index in [-0.39, 0.29) is 12.5 Å². The second-order valence-electron chi connectivity index (χ2n) is 6.75. The van der Waals surface area contributed by atoms with E-state index in [2.05, 4.69) is 32.8 Å². The SMILES string of the molecule is CC(C)[C@@H]1CN(C(=O)c2ccc(SCCO)cc2)C[C@H]1N(C)C. The lowest BCUT2D eigenvalue weighted by Crippen LogP contribution is -2.37. The van der Waals surface area contributed by atoms with Crippen LogP contribution in [-0.2, 0) is 0 Å². The number of aliphatic hydroxyl groups is 1. The van der Waals surface area contributed by atoms with E-state index in [0.717, 1.165) is 23.5 Å². The van der Waals surface area contributed by atoms with Gasteiger partial charge in [0.15, 0.2) is 0 Å². The molecule has 2 atom stereocenters. The van der Waals surface area contributed by atoms with Gasteiger partial charge in [-0.3, -0.25) is 4.79 Å². The fraction of sp³-hybridized carbons (Fsp3) is 0.611. The van der Waals surface area contributed by atoms with Crippen molar-refractivity contribution in [1.29, 1.82) is 0 Å². The van der Waals surface area contributed by atoms with E-state index in [4.69, 9.17) is 5.11 Å². The fourth-order valence-electron chi connectivity index (χ4n) is 3.22. The first-order chi connectivity index (χ1) is 10.9. The predicted molar refractivity (Wildman–Crippen MR) is 96.0 cm³/mol. The Kier molecular flexibility index (Phi) is 6.50. The third kappa shape index (κ3) is 4.49. The van der Waals surface area contributed by atoms with Crippen molar-refractivity contribution < 1.29 is 9.90 Å². The summed E-state index contributed by atoms with van der Waals surface area (Å²) in [5.41, 5.74) is 0.750. The molecule has 0 saturated carbocycles. The highest BCUT2D eigenvalue weighted by Crippen LogP contribution is 2.28. The zero-order valence-electron chi connectivity index (χ0n) is 14.5. The van der Waals surface area contributed by atoms with E-state index in [1.165, 1.54) is 0 Å². The molecule has 0 spiro atoms. The molecule has 1 aromatic rings. The molecule has 1 aliphatic heterocycles. The molecule has 0 aliphatic carbocycles. The van der Waals surface area contributed by atoms with Crippen molar-refractivity contribution in [2.45, 2.75) is 24.8 Å². The molecule has 1 fully saturated rings. The van der Waals surface area contributed by atoms with Gasteiger partial charge in [-0.2, -0.15) is 0 Å². The highest BCUT2D eigenvalue weighted by atomic mass is 32.2. The van der Waals surface area contributed by atoms with Gasteiger partial charge >= 0.3 is 0 Å². The number of thioether (sulfide) groups is 1. The van der Waals surface area contributed by atoms with Gasteiger partial charge in [0.1, 0.15) is 0 Å². The zero-order chi connectivity index (χ0) is 17.0. The molecular formula is C18H28N2O2S. The molecule has 1 aliphatic rings. The monoisotopic (exact) mass is 336 g/mol. The topological polar surface area (TPSA) is 43.8 Å². The fourth-order valence-corrected chi connectivity index (χ4v) is 3.87. The minimum absolute atomic E-state index is 0.124. The molecule has 4 nitrogen and oxygen atoms in total. The molecule has 5 heteroatoms. The number of carbonyl (C=O) groups excluding carboxylic acids is 1. The minimum atomic E-state index is 0.124. The Morgan fingerprint density at radius 1 is 1.30 bits per heavy atom. The van der Waals surface area contributed by atoms with Crippen LogP contribution in [0.5, 0.6) is 0 Å². The van der Waals surface area contributed by atoms with Gasteiger partial charge in [0.25, 0.3) is 5.91 Å². The lowest BCUT2D eigenvalue weighted by atomic mass is 9.91. The van der Waals surface area contributed by atoms with E-state index in [1.807, 2.05) is 29.2 Å². The van der Waals surface area contributed by atoms with Gasteiger partial charge in [0.2, 0.25) is 0 Å². The second-order valence-corrected chi connectivity index (χ2v) is 7.91. The number of likely N-dealkylation sites (N-methyl/N-ethyl adjacent to an activating group) is 1. The van der Waals surface area contributed by atoms with E-state index < -0.39 is 0 Å². The van der Waals surface area contributed by atoms with Crippen LogP contribution in [0, 0.1) is 11.8 Å². The molecule has 23 heavy (non-hydrogen) atoms. The van der Waals surface area contributed by atoms with E-state index >= 15 is 0 Å². The lowest BCUT2D eigenvalue weighted by molar-refractivity contribution is 0.0779. The van der Waals surface area contributed by atoms with Crippen LogP contribution in [0.25, 0.3) is 0 Å². The molecule has 128 valence electrons. The van der Waals surface area contributed by atoms with Crippen LogP contribution in [0.1, 0.15) is 24.2 Å². The standard InChI is InChI=1S/C18H28N2O2S/c1-13(2)16-11-20(12-17(16)19(3)4)18(22)14-5-7-15(8-6-14)23-10-9-21/h5-8,13,16-17,21H,9-12H2,1-4H3/t16-,17+/m0/s1. The van der Waals surface area contributed by atoms with Gasteiger partial charge in [-0.15, -0.1) is 11.8 Å². The Bertz CT molecular complexity index is 500. The van der Waals surface area contributed by atoms with Crippen LogP contribution < -0.4 is 0 Å². The van der Waals surface area contributed by atoms with E-state index in [9.17, 15) is 4.79 Å². The third-order valence-corrected chi connectivity index (χ3v) is 5.59. The number of likely N-dealkylation sites (tertiary alicyclic amines) is 1. The Morgan fingerprint density at radius 3 is 2.43 bits per heavy atom. The molecule has 1 heterocycles. The van der Waals surface area contributed by atoms with Gasteiger partial charge in [-0.25, -0.2) is 0 Å². The number of nitrogens with zero attached hydrogens (tertiary/aromatic N) is 2. The summed E-state index contributed by atoms with van der Waals surface area (Å²) >= 11 is 1.60. The van der Waals surface area contributed by atoms with Crippen LogP contribution in [0.2, 0.25) is 0 Å². The van der Waals surface area contributed by atoms with Crippen molar-refractivity contribution in [2.24, 2.45) is 11.8 Å². The second kappa shape index (κ2) is 8.18. The number of amides is 1. The van der Waals surface area contributed by atoms with Crippen LogP contribution in [-0.4, -0.2) is 66.4 Å². The summed E-state index contributed by atoms with van der Waals surface area (Å²) in [5.74, 6) is 1.89. The molecule has 1 aromatic carbocycles. The number of rotatable bonds is 6. The average molecular weight is 337 g/mol. The Labute approximate surface area is 143 Å². The normalized spacial score (nSPS) is 21.4. The molecule has 0 bridgehead atoms. The maximum atomic E-state index is 12.8. The summed E-state index contributed by atoms with van der Waals surface area (Å²) in [6.45, 7) is 6.28. The first-order valence-corrected chi connectivity index (χ1v) is 9.22. The highest BCUT2D eigenvalue weighted by molar-refractivity contribution is 7.99. The highest BCUT2D eigenvalue weighted by Gasteiger charge is 2.38. The number of carbonyl (C=O) groups is 1. The summed E-state index contributed by atoms with van der Waals surface area (Å²) in [7, 11) is 4.20. The van der Waals surface area contributed by atoms with Crippen LogP contribution in [0.4, 0.5) is 0 Å². The molecule has 1 amide bonds. The predicted octanol–water partition coefficient (Wildman–Crippen LogP) is 2.43. The largest absolute Gasteiger partial charge is 0.396 e. The van der Waals surface area contributed by atoms with Crippen LogP contribution in [0.15, 0.2) is 29.2 Å². The zero-order valence-corrected chi connectivity index (χ0v) is 15.3. The Hall–Kier alpha value is -1.04. The van der Waals surface area contributed by atoms with Gasteiger partial charge in [0, 0.05) is 35.3 Å². The maximum absolute atomic E-state index is 12.8. The van der Waals surface area contributed by atoms with Crippen molar-refractivity contribution in [3.8, 4) is 0 Å². The maximum Gasteiger partial charge on any atom is 0.253 e. The number of aliphatic hydroxyl groups excluding tert-OH is 1. The summed E-state index contributed by atoms with van der Waals surface area (Å²) in [6.07, 6.45) is 0. The Morgan fingerprint density at radius 2 is 1.96 bits per heavy atom. The van der Waals surface area contributed by atoms with E-state index in [1.54, 1.807) is 11.8 Å². The van der Waals surface area contributed by atoms with Gasteiger partial charge in [0.05, 0.1) is 6.61 Å². The number of hydrogen-bond acceptors (Lipinski definition) is 4. The van der Waals surface area contributed by atoms with Gasteiger partial charge in [-0.05, 0) is 50.2 Å². The quantitative estimate of drug-likeness (QED) is 0.811. The van der Waals surface area contributed by atoms with Crippen molar-refractivity contribution >= 4 is 17.7 Å². The van der Waals surface area contributed by atoms with Crippen molar-refractivity contribution in [3.63, 3.8) is 0 Å². The first-order valence-electron chi connectivity index (χ1n) is 8.23. The molecular weight excluding hydrogens is 308 g/mol. The number of benzene rings is 1. The minimum Gasteiger partial charge on any atom is -0.396 e. The van der Waals surface area contributed by atoms with Crippen LogP contribution >= 0.6 is 11.8 Å². The van der Waals surface area contributed by atoms with E-state index in [0.29, 0.717) is 23.6 Å². The number of hydrogen-bond donors (Lipinski definition) is 1. The van der Waals surface area contributed by atoms with Crippen molar-refractivity contribution in [3.05, 3.63) is 29.8 Å². The third-order valence-electron chi connectivity index (χ3n) is 4.60. The van der Waals surface area contributed by atoms with Crippen molar-refractivity contribution in [1.82, 2.24) is 9.80 Å². The average Bonchev–Trinajstić information content (AvgIpc) is 2.98. The van der Waals surface area contributed by atoms with Gasteiger partial charge in [-0.1, -0.05) is 13.8 Å². The summed E-state index contributed by atoms with van der Waals surface area (Å²) < 4.78 is 0. The van der Waals surface area contributed by atoms with Crippen LogP contribution in [0.3, 0.4) is 0 Å². The smallest absolute Gasteiger partial charge is 0.253 e.